The van der Waals surface area contributed by atoms with Crippen LogP contribution in [0, 0.1) is 0 Å². The summed E-state index contributed by atoms with van der Waals surface area (Å²) in [5.74, 6) is -1.98. The van der Waals surface area contributed by atoms with Gasteiger partial charge in [0.05, 0.1) is 34.4 Å². The number of hydrogen-bond donors (Lipinski definition) is 1. The molecule has 0 radical (unpaired) electrons. The van der Waals surface area contributed by atoms with Crippen molar-refractivity contribution in [2.45, 2.75) is 328 Å². The molecule has 76 heavy (non-hydrogen) atoms. The van der Waals surface area contributed by atoms with Gasteiger partial charge >= 0.3 is 17.9 Å². The second kappa shape index (κ2) is 58.7. The molecule has 9 nitrogen and oxygen atoms in total. The molecule has 0 aromatic rings. The van der Waals surface area contributed by atoms with Gasteiger partial charge in [-0.2, -0.15) is 0 Å². The molecule has 0 aliphatic carbocycles. The quantitative estimate of drug-likeness (QED) is 0.0211. The summed E-state index contributed by atoms with van der Waals surface area (Å²) in [6, 6.07) is 0. The van der Waals surface area contributed by atoms with Crippen molar-refractivity contribution < 1.29 is 42.9 Å². The van der Waals surface area contributed by atoms with E-state index >= 15 is 0 Å². The maximum Gasteiger partial charge on any atom is 0.361 e. The van der Waals surface area contributed by atoms with Crippen LogP contribution in [0.4, 0.5) is 0 Å². The number of carboxylic acid groups (broad SMARTS) is 1. The lowest BCUT2D eigenvalue weighted by atomic mass is 10.0. The molecular weight excluding hydrogens is 947 g/mol. The lowest BCUT2D eigenvalue weighted by Gasteiger charge is -2.25. The van der Waals surface area contributed by atoms with Gasteiger partial charge in [-0.3, -0.25) is 9.59 Å². The smallest absolute Gasteiger partial charge is 0.361 e. The van der Waals surface area contributed by atoms with Crippen molar-refractivity contribution in [1.29, 1.82) is 0 Å². The van der Waals surface area contributed by atoms with Crippen LogP contribution in [0.1, 0.15) is 316 Å². The number of esters is 2. The summed E-state index contributed by atoms with van der Waals surface area (Å²) in [5, 5.41) is 9.73. The third-order valence-corrected chi connectivity index (χ3v) is 14.6. The Morgan fingerprint density at radius 2 is 0.711 bits per heavy atom. The van der Waals surface area contributed by atoms with E-state index < -0.39 is 24.3 Å². The zero-order valence-corrected chi connectivity index (χ0v) is 50.9. The number of ether oxygens (including phenoxy) is 4. The molecule has 0 heterocycles. The average Bonchev–Trinajstić information content (AvgIpc) is 3.39. The van der Waals surface area contributed by atoms with E-state index in [1.54, 1.807) is 0 Å². The van der Waals surface area contributed by atoms with E-state index in [4.69, 9.17) is 18.9 Å². The molecule has 2 unspecified atom stereocenters. The number of carbonyl (C=O) groups excluding carboxylic acids is 2. The monoisotopic (exact) mass is 1070 g/mol. The highest BCUT2D eigenvalue weighted by molar-refractivity contribution is 5.71. The van der Waals surface area contributed by atoms with Crippen LogP contribution in [-0.4, -0.2) is 87.4 Å². The third-order valence-electron chi connectivity index (χ3n) is 14.6. The highest BCUT2D eigenvalue weighted by Crippen LogP contribution is 2.18. The van der Waals surface area contributed by atoms with Crippen molar-refractivity contribution >= 4 is 17.9 Å². The number of nitrogens with zero attached hydrogens (tertiary/aromatic N) is 1. The van der Waals surface area contributed by atoms with E-state index in [0.29, 0.717) is 17.4 Å². The summed E-state index contributed by atoms with van der Waals surface area (Å²) in [6.07, 6.45) is 69.5. The van der Waals surface area contributed by atoms with Gasteiger partial charge in [0, 0.05) is 12.8 Å². The van der Waals surface area contributed by atoms with Crippen molar-refractivity contribution in [2.75, 3.05) is 47.5 Å². The van der Waals surface area contributed by atoms with Crippen LogP contribution in [0.5, 0.6) is 0 Å². The van der Waals surface area contributed by atoms with Gasteiger partial charge in [-0.05, 0) is 51.4 Å². The number of carbonyl (C=O) groups is 3. The zero-order chi connectivity index (χ0) is 55.5. The first-order chi connectivity index (χ1) is 37.1. The lowest BCUT2D eigenvalue weighted by Crippen LogP contribution is -2.40. The topological polar surface area (TPSA) is 108 Å². The standard InChI is InChI=1S/C67H125NO8/c1-6-8-10-12-14-16-18-20-22-24-26-28-30-32-33-34-36-38-40-42-44-46-48-50-52-54-56-58-65(70)76-63(62-75-67(66(71)72)73-60-59-68(3,4)5)61-74-64(69)57-55-53-51-49-47-45-43-41-39-37-35-31-29-27-25-23-21-19-17-15-13-11-9-7-2/h18,20,24,26,30,32,63,67H,6-17,19,21-23,25,27-29,31,33-62H2,1-5H3/p+1/b20-18-,26-24-,32-30-. The number of carboxylic acids is 1. The first kappa shape index (κ1) is 73.5. The summed E-state index contributed by atoms with van der Waals surface area (Å²) in [5.41, 5.74) is 0. The van der Waals surface area contributed by atoms with Crippen LogP contribution in [-0.2, 0) is 33.3 Å². The van der Waals surface area contributed by atoms with Crippen molar-refractivity contribution in [1.82, 2.24) is 0 Å². The Morgan fingerprint density at radius 1 is 0.395 bits per heavy atom. The minimum atomic E-state index is -1.51. The van der Waals surface area contributed by atoms with Crippen molar-refractivity contribution in [2.24, 2.45) is 0 Å². The van der Waals surface area contributed by atoms with E-state index in [1.165, 1.54) is 238 Å². The molecule has 446 valence electrons. The van der Waals surface area contributed by atoms with Crippen LogP contribution in [0.2, 0.25) is 0 Å². The molecule has 0 aromatic carbocycles. The maximum absolute atomic E-state index is 12.9. The summed E-state index contributed by atoms with van der Waals surface area (Å²) in [6.45, 7) is 4.92. The van der Waals surface area contributed by atoms with Gasteiger partial charge in [0.1, 0.15) is 13.2 Å². The molecule has 0 saturated carbocycles. The zero-order valence-electron chi connectivity index (χ0n) is 50.9. The first-order valence-corrected chi connectivity index (χ1v) is 32.7. The Labute approximate surface area is 470 Å². The minimum absolute atomic E-state index is 0.178. The molecule has 0 fully saturated rings. The fourth-order valence-corrected chi connectivity index (χ4v) is 9.61. The predicted molar refractivity (Wildman–Crippen MR) is 323 cm³/mol. The highest BCUT2D eigenvalue weighted by Gasteiger charge is 2.25. The summed E-state index contributed by atoms with van der Waals surface area (Å²) in [7, 11) is 5.98. The first-order valence-electron chi connectivity index (χ1n) is 32.7. The Bertz CT molecular complexity index is 1340. The highest BCUT2D eigenvalue weighted by atomic mass is 16.7. The Hall–Kier alpha value is -2.49. The van der Waals surface area contributed by atoms with Crippen LogP contribution in [0.3, 0.4) is 0 Å². The lowest BCUT2D eigenvalue weighted by molar-refractivity contribution is -0.870. The van der Waals surface area contributed by atoms with Crippen molar-refractivity contribution in [3.63, 3.8) is 0 Å². The van der Waals surface area contributed by atoms with Crippen molar-refractivity contribution in [3.05, 3.63) is 36.5 Å². The fourth-order valence-electron chi connectivity index (χ4n) is 9.61. The average molecular weight is 1070 g/mol. The maximum atomic E-state index is 12.9. The molecule has 0 bridgehead atoms. The summed E-state index contributed by atoms with van der Waals surface area (Å²) in [4.78, 5) is 37.5. The fraction of sp³-hybridized carbons (Fsp3) is 0.866. The van der Waals surface area contributed by atoms with E-state index in [-0.39, 0.29) is 32.2 Å². The molecule has 2 atom stereocenters. The number of hydrogen-bond acceptors (Lipinski definition) is 7. The number of unbranched alkanes of at least 4 members (excludes halogenated alkanes) is 40. The van der Waals surface area contributed by atoms with Crippen molar-refractivity contribution in [3.8, 4) is 0 Å². The number of likely N-dealkylation sites (N-methyl/N-ethyl adjacent to an activating group) is 1. The molecule has 0 aromatic heterocycles. The largest absolute Gasteiger partial charge is 0.477 e. The van der Waals surface area contributed by atoms with Gasteiger partial charge in [0.2, 0.25) is 0 Å². The molecule has 0 saturated heterocycles. The number of allylic oxidation sites excluding steroid dienone is 6. The van der Waals surface area contributed by atoms with E-state index in [1.807, 2.05) is 21.1 Å². The Balaban J connectivity index is 4.15. The molecule has 1 N–H and O–H groups in total. The van der Waals surface area contributed by atoms with Gasteiger partial charge in [-0.1, -0.05) is 288 Å². The second-order valence-corrected chi connectivity index (χ2v) is 23.4. The minimum Gasteiger partial charge on any atom is -0.477 e. The molecule has 0 aliphatic rings. The Morgan fingerprint density at radius 3 is 1.05 bits per heavy atom. The van der Waals surface area contributed by atoms with Gasteiger partial charge in [-0.25, -0.2) is 4.79 Å². The summed E-state index contributed by atoms with van der Waals surface area (Å²) >= 11 is 0. The van der Waals surface area contributed by atoms with Gasteiger partial charge in [-0.15, -0.1) is 0 Å². The molecule has 9 heteroatoms. The molecular formula is C67H126NO8+. The third kappa shape index (κ3) is 59.2. The van der Waals surface area contributed by atoms with E-state index in [2.05, 4.69) is 50.3 Å². The van der Waals surface area contributed by atoms with Crippen LogP contribution in [0.25, 0.3) is 0 Å². The number of rotatable bonds is 61. The summed E-state index contributed by atoms with van der Waals surface area (Å²) < 4.78 is 23.0. The number of quaternary nitrogens is 1. The van der Waals surface area contributed by atoms with Crippen LogP contribution >= 0.6 is 0 Å². The van der Waals surface area contributed by atoms with Gasteiger partial charge in [0.25, 0.3) is 6.29 Å². The van der Waals surface area contributed by atoms with Gasteiger partial charge in [0.15, 0.2) is 6.10 Å². The normalized spacial score (nSPS) is 12.9. The van der Waals surface area contributed by atoms with Crippen LogP contribution < -0.4 is 0 Å². The SMILES string of the molecule is CCCCCCC/C=C\C/C=C\C/C=C\CCCCCCCCCCCCCCC(=O)OC(COC(=O)CCCCCCCCCCCCCCCCCCCCCCCCCC)COC(OCC[N+](C)(C)C)C(=O)O. The second-order valence-electron chi connectivity index (χ2n) is 23.4. The molecule has 0 rings (SSSR count). The predicted octanol–water partition coefficient (Wildman–Crippen LogP) is 19.6. The molecule has 0 amide bonds. The van der Waals surface area contributed by atoms with Crippen LogP contribution in [0.15, 0.2) is 36.5 Å². The molecule has 0 aliphatic heterocycles. The Kier molecular flexibility index (Phi) is 56.7. The van der Waals surface area contributed by atoms with E-state index in [0.717, 1.165) is 51.4 Å². The van der Waals surface area contributed by atoms with E-state index in [9.17, 15) is 19.5 Å². The molecule has 0 spiro atoms. The number of aliphatic carboxylic acids is 1. The van der Waals surface area contributed by atoms with Gasteiger partial charge < -0.3 is 28.5 Å².